The lowest BCUT2D eigenvalue weighted by Crippen LogP contribution is -2.28. The topological polar surface area (TPSA) is 63.2 Å². The quantitative estimate of drug-likeness (QED) is 0.716. The molecular formula is C18H15N3O2S. The Hall–Kier alpha value is -3.04. The Kier molecular flexibility index (Phi) is 5.28. The molecule has 0 aliphatic carbocycles. The predicted molar refractivity (Wildman–Crippen MR) is 96.4 cm³/mol. The molecule has 0 unspecified atom stereocenters. The van der Waals surface area contributed by atoms with Gasteiger partial charge < -0.3 is 10.1 Å². The third-order valence-electron chi connectivity index (χ3n) is 3.11. The van der Waals surface area contributed by atoms with Crippen molar-refractivity contribution < 1.29 is 9.53 Å². The van der Waals surface area contributed by atoms with Crippen LogP contribution in [0.2, 0.25) is 0 Å². The molecule has 3 aromatic rings. The normalized spacial score (nSPS) is 9.83. The van der Waals surface area contributed by atoms with Gasteiger partial charge in [0.2, 0.25) is 0 Å². The van der Waals surface area contributed by atoms with Gasteiger partial charge in [0, 0.05) is 17.6 Å². The first-order valence-electron chi connectivity index (χ1n) is 7.33. The molecule has 6 heteroatoms. The zero-order valence-corrected chi connectivity index (χ0v) is 13.6. The van der Waals surface area contributed by atoms with E-state index in [9.17, 15) is 4.79 Å². The summed E-state index contributed by atoms with van der Waals surface area (Å²) in [6, 6.07) is 13.1. The van der Waals surface area contributed by atoms with Gasteiger partial charge in [-0.25, -0.2) is 4.79 Å². The van der Waals surface area contributed by atoms with E-state index >= 15 is 0 Å². The Morgan fingerprint density at radius 3 is 3.04 bits per heavy atom. The van der Waals surface area contributed by atoms with Crippen LogP contribution < -0.4 is 15.4 Å². The number of nitrogens with one attached hydrogen (secondary N) is 2. The number of fused-ring (bicyclic) bond motifs is 1. The SMILES string of the molecule is O=C(NCC#CCOc1ccc2cccnc2c1)Nc1cccs1. The molecule has 5 nitrogen and oxygen atoms in total. The van der Waals surface area contributed by atoms with Crippen LogP contribution in [0.3, 0.4) is 0 Å². The van der Waals surface area contributed by atoms with E-state index in [4.69, 9.17) is 4.74 Å². The van der Waals surface area contributed by atoms with Gasteiger partial charge in [-0.05, 0) is 35.7 Å². The first-order valence-corrected chi connectivity index (χ1v) is 8.21. The van der Waals surface area contributed by atoms with E-state index in [2.05, 4.69) is 27.5 Å². The summed E-state index contributed by atoms with van der Waals surface area (Å²) >= 11 is 1.46. The predicted octanol–water partition coefficient (Wildman–Crippen LogP) is 3.50. The van der Waals surface area contributed by atoms with Crippen molar-refractivity contribution in [2.45, 2.75) is 0 Å². The monoisotopic (exact) mass is 337 g/mol. The van der Waals surface area contributed by atoms with Crippen LogP contribution in [0.15, 0.2) is 54.0 Å². The van der Waals surface area contributed by atoms with Gasteiger partial charge in [0.25, 0.3) is 0 Å². The zero-order valence-electron chi connectivity index (χ0n) is 12.8. The van der Waals surface area contributed by atoms with Crippen LogP contribution in [0.25, 0.3) is 10.9 Å². The molecule has 2 N–H and O–H groups in total. The fourth-order valence-electron chi connectivity index (χ4n) is 2.00. The van der Waals surface area contributed by atoms with E-state index in [1.165, 1.54) is 11.3 Å². The van der Waals surface area contributed by atoms with Crippen molar-refractivity contribution in [1.29, 1.82) is 0 Å². The highest BCUT2D eigenvalue weighted by Crippen LogP contribution is 2.18. The van der Waals surface area contributed by atoms with Gasteiger partial charge in [0.15, 0.2) is 0 Å². The molecule has 0 fully saturated rings. The molecule has 3 rings (SSSR count). The molecule has 0 saturated carbocycles. The third kappa shape index (κ3) is 4.48. The summed E-state index contributed by atoms with van der Waals surface area (Å²) in [7, 11) is 0. The zero-order chi connectivity index (χ0) is 16.6. The van der Waals surface area contributed by atoms with Crippen LogP contribution in [-0.2, 0) is 0 Å². The van der Waals surface area contributed by atoms with Crippen molar-refractivity contribution in [3.63, 3.8) is 0 Å². The number of aromatic nitrogens is 1. The van der Waals surface area contributed by atoms with Crippen LogP contribution in [0.1, 0.15) is 0 Å². The van der Waals surface area contributed by atoms with Crippen molar-refractivity contribution in [3.8, 4) is 17.6 Å². The second kappa shape index (κ2) is 7.99. The van der Waals surface area contributed by atoms with Crippen LogP contribution in [0.4, 0.5) is 9.80 Å². The minimum Gasteiger partial charge on any atom is -0.481 e. The summed E-state index contributed by atoms with van der Waals surface area (Å²) in [5, 5.41) is 9.14. The smallest absolute Gasteiger partial charge is 0.320 e. The summed E-state index contributed by atoms with van der Waals surface area (Å²) in [6.07, 6.45) is 1.75. The van der Waals surface area contributed by atoms with Crippen LogP contribution >= 0.6 is 11.3 Å². The lowest BCUT2D eigenvalue weighted by molar-refractivity contribution is 0.253. The van der Waals surface area contributed by atoms with Gasteiger partial charge in [-0.1, -0.05) is 17.9 Å². The Morgan fingerprint density at radius 1 is 1.21 bits per heavy atom. The Bertz CT molecular complexity index is 882. The van der Waals surface area contributed by atoms with E-state index in [0.717, 1.165) is 21.7 Å². The fraction of sp³-hybridized carbons (Fsp3) is 0.111. The summed E-state index contributed by atoms with van der Waals surface area (Å²) < 4.78 is 5.57. The van der Waals surface area contributed by atoms with Crippen molar-refractivity contribution in [2.75, 3.05) is 18.5 Å². The highest BCUT2D eigenvalue weighted by molar-refractivity contribution is 7.14. The fourth-order valence-corrected chi connectivity index (χ4v) is 2.61. The maximum absolute atomic E-state index is 11.6. The van der Waals surface area contributed by atoms with Gasteiger partial charge in [0.1, 0.15) is 12.4 Å². The number of benzene rings is 1. The maximum Gasteiger partial charge on any atom is 0.320 e. The van der Waals surface area contributed by atoms with E-state index in [1.807, 2.05) is 47.8 Å². The molecule has 0 bridgehead atoms. The van der Waals surface area contributed by atoms with Crippen LogP contribution in [-0.4, -0.2) is 24.2 Å². The minimum absolute atomic E-state index is 0.257. The average molecular weight is 337 g/mol. The number of amides is 2. The largest absolute Gasteiger partial charge is 0.481 e. The molecule has 120 valence electrons. The summed E-state index contributed by atoms with van der Waals surface area (Å²) in [5.74, 6) is 6.43. The number of ether oxygens (including phenoxy) is 1. The molecular weight excluding hydrogens is 322 g/mol. The second-order valence-electron chi connectivity index (χ2n) is 4.79. The van der Waals surface area contributed by atoms with Crippen LogP contribution in [0.5, 0.6) is 5.75 Å². The summed E-state index contributed by atoms with van der Waals surface area (Å²) in [5.41, 5.74) is 0.884. The number of pyridine rings is 1. The van der Waals surface area contributed by atoms with E-state index in [-0.39, 0.29) is 19.2 Å². The number of thiophene rings is 1. The van der Waals surface area contributed by atoms with Gasteiger partial charge in [-0.3, -0.25) is 10.3 Å². The first-order chi connectivity index (χ1) is 11.8. The van der Waals surface area contributed by atoms with Crippen molar-refractivity contribution in [3.05, 3.63) is 54.0 Å². The molecule has 1 aromatic carbocycles. The first kappa shape index (κ1) is 15.8. The highest BCUT2D eigenvalue weighted by atomic mass is 32.1. The van der Waals surface area contributed by atoms with Crippen LogP contribution in [0, 0.1) is 11.8 Å². The average Bonchev–Trinajstić information content (AvgIpc) is 3.10. The van der Waals surface area contributed by atoms with Crippen molar-refractivity contribution in [2.24, 2.45) is 0 Å². The van der Waals surface area contributed by atoms with Gasteiger partial charge in [-0.15, -0.1) is 11.3 Å². The van der Waals surface area contributed by atoms with E-state index < -0.39 is 0 Å². The lowest BCUT2D eigenvalue weighted by atomic mass is 10.2. The number of hydrogen-bond donors (Lipinski definition) is 2. The molecule has 2 amide bonds. The maximum atomic E-state index is 11.6. The Balaban J connectivity index is 1.41. The van der Waals surface area contributed by atoms with Gasteiger partial charge >= 0.3 is 6.03 Å². The molecule has 0 aliphatic heterocycles. The number of carbonyl (C=O) groups is 1. The highest BCUT2D eigenvalue weighted by Gasteiger charge is 1.99. The van der Waals surface area contributed by atoms with Crippen molar-refractivity contribution >= 4 is 33.3 Å². The second-order valence-corrected chi connectivity index (χ2v) is 5.73. The molecule has 0 aliphatic rings. The summed E-state index contributed by atoms with van der Waals surface area (Å²) in [6.45, 7) is 0.520. The molecule has 2 heterocycles. The number of hydrogen-bond acceptors (Lipinski definition) is 4. The van der Waals surface area contributed by atoms with Gasteiger partial charge in [-0.2, -0.15) is 0 Å². The number of urea groups is 1. The number of rotatable bonds is 4. The van der Waals surface area contributed by atoms with Crippen molar-refractivity contribution in [1.82, 2.24) is 10.3 Å². The number of anilines is 1. The Morgan fingerprint density at radius 2 is 2.17 bits per heavy atom. The Labute approximate surface area is 143 Å². The van der Waals surface area contributed by atoms with Gasteiger partial charge in [0.05, 0.1) is 17.1 Å². The molecule has 2 aromatic heterocycles. The minimum atomic E-state index is -0.270. The van der Waals surface area contributed by atoms with E-state index in [0.29, 0.717) is 0 Å². The summed E-state index contributed by atoms with van der Waals surface area (Å²) in [4.78, 5) is 15.8. The lowest BCUT2D eigenvalue weighted by Gasteiger charge is -2.03. The number of nitrogens with zero attached hydrogens (tertiary/aromatic N) is 1. The number of carbonyl (C=O) groups excluding carboxylic acids is 1. The van der Waals surface area contributed by atoms with E-state index in [1.54, 1.807) is 6.20 Å². The molecule has 0 radical (unpaired) electrons. The molecule has 24 heavy (non-hydrogen) atoms. The molecule has 0 atom stereocenters. The molecule has 0 spiro atoms. The molecule has 0 saturated heterocycles. The third-order valence-corrected chi connectivity index (χ3v) is 3.89. The standard InChI is InChI=1S/C18H15N3O2S/c22-18(21-17-6-4-12-24-17)20-9-1-2-11-23-15-8-7-14-5-3-10-19-16(14)13-15/h3-8,10,12-13H,9,11H2,(H2,20,21,22).